The number of rotatable bonds is 8. The van der Waals surface area contributed by atoms with Crippen molar-refractivity contribution in [3.05, 3.63) is 58.3 Å². The second-order valence-electron chi connectivity index (χ2n) is 8.94. The van der Waals surface area contributed by atoms with Crippen molar-refractivity contribution in [2.24, 2.45) is 0 Å². The number of anilines is 2. The molecule has 0 radical (unpaired) electrons. The number of aromatic nitrogens is 2. The van der Waals surface area contributed by atoms with Gasteiger partial charge in [0.2, 0.25) is 0 Å². The number of benzene rings is 2. The minimum atomic E-state index is -0.158. The van der Waals surface area contributed by atoms with Gasteiger partial charge >= 0.3 is 6.03 Å². The summed E-state index contributed by atoms with van der Waals surface area (Å²) < 4.78 is 0. The van der Waals surface area contributed by atoms with E-state index in [0.29, 0.717) is 35.4 Å². The van der Waals surface area contributed by atoms with Crippen LogP contribution in [0.3, 0.4) is 0 Å². The number of para-hydroxylation sites is 1. The SMILES string of the molecule is CN(C)CCCNc1nc(CN2CCN(C(=O)Nc3cc(Cl)cc(Cl)c3)CC2)nc2ccccc12. The van der Waals surface area contributed by atoms with Crippen molar-refractivity contribution in [2.45, 2.75) is 13.0 Å². The molecule has 2 aromatic carbocycles. The molecule has 2 amide bonds. The summed E-state index contributed by atoms with van der Waals surface area (Å²) in [6.07, 6.45) is 1.03. The third-order valence-corrected chi connectivity index (χ3v) is 6.30. The van der Waals surface area contributed by atoms with Crippen LogP contribution < -0.4 is 10.6 Å². The van der Waals surface area contributed by atoms with E-state index in [0.717, 1.165) is 55.1 Å². The van der Waals surface area contributed by atoms with Crippen molar-refractivity contribution in [3.8, 4) is 0 Å². The summed E-state index contributed by atoms with van der Waals surface area (Å²) >= 11 is 12.1. The first-order valence-electron chi connectivity index (χ1n) is 11.8. The number of carbonyl (C=O) groups is 1. The van der Waals surface area contributed by atoms with Crippen LogP contribution in [0.15, 0.2) is 42.5 Å². The van der Waals surface area contributed by atoms with Crippen molar-refractivity contribution < 1.29 is 4.79 Å². The molecule has 1 aromatic heterocycles. The van der Waals surface area contributed by atoms with E-state index < -0.39 is 0 Å². The fourth-order valence-corrected chi connectivity index (χ4v) is 4.60. The van der Waals surface area contributed by atoms with Gasteiger partial charge in [0.05, 0.1) is 12.1 Å². The second-order valence-corrected chi connectivity index (χ2v) is 9.81. The van der Waals surface area contributed by atoms with Crippen molar-refractivity contribution in [1.82, 2.24) is 24.7 Å². The maximum absolute atomic E-state index is 12.7. The molecule has 2 N–H and O–H groups in total. The first-order valence-corrected chi connectivity index (χ1v) is 12.5. The van der Waals surface area contributed by atoms with Crippen molar-refractivity contribution >= 4 is 51.6 Å². The number of nitrogens with one attached hydrogen (secondary N) is 2. The molecule has 8 nitrogen and oxygen atoms in total. The van der Waals surface area contributed by atoms with Gasteiger partial charge in [0.25, 0.3) is 0 Å². The lowest BCUT2D eigenvalue weighted by atomic mass is 10.2. The van der Waals surface area contributed by atoms with Gasteiger partial charge in [0.15, 0.2) is 0 Å². The molecule has 0 aliphatic carbocycles. The summed E-state index contributed by atoms with van der Waals surface area (Å²) in [5.41, 5.74) is 1.52. The molecule has 1 aliphatic rings. The Hall–Kier alpha value is -2.65. The van der Waals surface area contributed by atoms with E-state index in [1.807, 2.05) is 18.2 Å². The first kappa shape index (κ1) is 25.4. The molecule has 4 rings (SSSR count). The van der Waals surface area contributed by atoms with E-state index in [2.05, 4.69) is 40.6 Å². The van der Waals surface area contributed by atoms with E-state index in [9.17, 15) is 4.79 Å². The third-order valence-electron chi connectivity index (χ3n) is 5.86. The minimum Gasteiger partial charge on any atom is -0.369 e. The Morgan fingerprint density at radius 1 is 1.03 bits per heavy atom. The highest BCUT2D eigenvalue weighted by molar-refractivity contribution is 6.35. The lowest BCUT2D eigenvalue weighted by Crippen LogP contribution is -2.49. The van der Waals surface area contributed by atoms with E-state index >= 15 is 0 Å². The van der Waals surface area contributed by atoms with Crippen LogP contribution in [0.5, 0.6) is 0 Å². The Morgan fingerprint density at radius 3 is 2.46 bits per heavy atom. The first-order chi connectivity index (χ1) is 16.9. The number of urea groups is 1. The molecule has 186 valence electrons. The highest BCUT2D eigenvalue weighted by Gasteiger charge is 2.22. The van der Waals surface area contributed by atoms with Crippen molar-refractivity contribution in [3.63, 3.8) is 0 Å². The molecule has 2 heterocycles. The summed E-state index contributed by atoms with van der Waals surface area (Å²) in [7, 11) is 4.16. The fourth-order valence-electron chi connectivity index (χ4n) is 4.07. The number of hydrogen-bond donors (Lipinski definition) is 2. The van der Waals surface area contributed by atoms with Crippen molar-refractivity contribution in [1.29, 1.82) is 0 Å². The summed E-state index contributed by atoms with van der Waals surface area (Å²) in [6.45, 7) is 5.22. The average molecular weight is 516 g/mol. The molecule has 0 bridgehead atoms. The molecule has 0 saturated carbocycles. The zero-order valence-corrected chi connectivity index (χ0v) is 21.6. The highest BCUT2D eigenvalue weighted by Crippen LogP contribution is 2.23. The summed E-state index contributed by atoms with van der Waals surface area (Å²) in [6, 6.07) is 12.9. The molecule has 10 heteroatoms. The number of fused-ring (bicyclic) bond motifs is 1. The molecular weight excluding hydrogens is 485 g/mol. The van der Waals surface area contributed by atoms with Gasteiger partial charge in [-0.05, 0) is 57.4 Å². The largest absolute Gasteiger partial charge is 0.369 e. The van der Waals surface area contributed by atoms with E-state index in [1.165, 1.54) is 0 Å². The number of carbonyl (C=O) groups excluding carboxylic acids is 1. The molecule has 1 fully saturated rings. The van der Waals surface area contributed by atoms with E-state index in [1.54, 1.807) is 23.1 Å². The van der Waals surface area contributed by atoms with Gasteiger partial charge in [0.1, 0.15) is 11.6 Å². The fraction of sp³-hybridized carbons (Fsp3) is 0.400. The normalized spacial score (nSPS) is 14.5. The molecule has 1 saturated heterocycles. The lowest BCUT2D eigenvalue weighted by Gasteiger charge is -2.34. The van der Waals surface area contributed by atoms with Gasteiger partial charge in [0, 0.05) is 53.8 Å². The number of nitrogens with zero attached hydrogens (tertiary/aromatic N) is 5. The van der Waals surface area contributed by atoms with Gasteiger partial charge in [-0.15, -0.1) is 0 Å². The minimum absolute atomic E-state index is 0.158. The van der Waals surface area contributed by atoms with Gasteiger partial charge in [-0.3, -0.25) is 4.90 Å². The molecule has 0 unspecified atom stereocenters. The molecular formula is C25H31Cl2N7O. The van der Waals surface area contributed by atoms with Crippen LogP contribution in [0.2, 0.25) is 10.0 Å². The third kappa shape index (κ3) is 7.18. The van der Waals surface area contributed by atoms with Crippen LogP contribution in [-0.2, 0) is 6.54 Å². The number of hydrogen-bond acceptors (Lipinski definition) is 6. The van der Waals surface area contributed by atoms with Crippen molar-refractivity contribution in [2.75, 3.05) is 64.0 Å². The quantitative estimate of drug-likeness (QED) is 0.425. The molecule has 35 heavy (non-hydrogen) atoms. The Bertz CT molecular complexity index is 1150. The number of halogens is 2. The van der Waals surface area contributed by atoms with Crippen LogP contribution in [-0.4, -0.2) is 84.1 Å². The molecule has 1 aliphatic heterocycles. The zero-order valence-electron chi connectivity index (χ0n) is 20.1. The summed E-state index contributed by atoms with van der Waals surface area (Å²) in [5.74, 6) is 1.66. The van der Waals surface area contributed by atoms with E-state index in [4.69, 9.17) is 33.2 Å². The Morgan fingerprint density at radius 2 is 1.74 bits per heavy atom. The monoisotopic (exact) mass is 515 g/mol. The Labute approximate surface area is 216 Å². The topological polar surface area (TPSA) is 76.6 Å². The second kappa shape index (κ2) is 11.9. The molecule has 0 spiro atoms. The number of piperazine rings is 1. The maximum atomic E-state index is 12.7. The van der Waals surface area contributed by atoms with Crippen LogP contribution in [0.1, 0.15) is 12.2 Å². The predicted molar refractivity (Wildman–Crippen MR) is 144 cm³/mol. The summed E-state index contributed by atoms with van der Waals surface area (Å²) in [4.78, 5) is 28.6. The number of amides is 2. The van der Waals surface area contributed by atoms with Gasteiger partial charge < -0.3 is 20.4 Å². The standard InChI is InChI=1S/C25H31Cl2N7O/c1-32(2)9-5-8-28-24-21-6-3-4-7-22(21)30-23(31-24)17-33-10-12-34(13-11-33)25(35)29-20-15-18(26)14-19(27)16-20/h3-4,6-7,14-16H,5,8-13,17H2,1-2H3,(H,29,35)(H,28,30,31). The molecule has 0 atom stereocenters. The van der Waals surface area contributed by atoms with Crippen LogP contribution in [0.25, 0.3) is 10.9 Å². The Balaban J connectivity index is 1.35. The van der Waals surface area contributed by atoms with Gasteiger partial charge in [-0.25, -0.2) is 14.8 Å². The molecule has 3 aromatic rings. The summed E-state index contributed by atoms with van der Waals surface area (Å²) in [5, 5.41) is 8.38. The average Bonchev–Trinajstić information content (AvgIpc) is 2.81. The van der Waals surface area contributed by atoms with Crippen LogP contribution in [0.4, 0.5) is 16.3 Å². The van der Waals surface area contributed by atoms with Crippen LogP contribution >= 0.6 is 23.2 Å². The maximum Gasteiger partial charge on any atom is 0.321 e. The van der Waals surface area contributed by atoms with Crippen LogP contribution in [0, 0.1) is 0 Å². The highest BCUT2D eigenvalue weighted by atomic mass is 35.5. The van der Waals surface area contributed by atoms with Gasteiger partial charge in [-0.1, -0.05) is 35.3 Å². The Kier molecular flexibility index (Phi) is 8.62. The predicted octanol–water partition coefficient (Wildman–Crippen LogP) is 4.65. The zero-order chi connectivity index (χ0) is 24.8. The lowest BCUT2D eigenvalue weighted by molar-refractivity contribution is 0.141. The van der Waals surface area contributed by atoms with Gasteiger partial charge in [-0.2, -0.15) is 0 Å². The smallest absolute Gasteiger partial charge is 0.321 e. The van der Waals surface area contributed by atoms with E-state index in [-0.39, 0.29) is 6.03 Å².